The summed E-state index contributed by atoms with van der Waals surface area (Å²) in [5, 5.41) is 0. The van der Waals surface area contributed by atoms with Gasteiger partial charge in [-0.1, -0.05) is 6.07 Å². The van der Waals surface area contributed by atoms with Gasteiger partial charge in [0.2, 0.25) is 10.0 Å². The average Bonchev–Trinajstić information content (AvgIpc) is 2.53. The van der Waals surface area contributed by atoms with Gasteiger partial charge in [-0.25, -0.2) is 8.42 Å². The summed E-state index contributed by atoms with van der Waals surface area (Å²) in [4.78, 5) is 14.4. The highest BCUT2D eigenvalue weighted by molar-refractivity contribution is 7.89. The molecule has 2 aliphatic heterocycles. The highest BCUT2D eigenvalue weighted by Crippen LogP contribution is 2.22. The second kappa shape index (κ2) is 7.21. The number of benzene rings is 1. The molecule has 2 aliphatic rings. The largest absolute Gasteiger partial charge is 0.376 e. The van der Waals surface area contributed by atoms with Crippen molar-refractivity contribution in [3.63, 3.8) is 0 Å². The molecule has 0 aromatic heterocycles. The van der Waals surface area contributed by atoms with E-state index < -0.39 is 10.0 Å². The van der Waals surface area contributed by atoms with Gasteiger partial charge in [0.15, 0.2) is 0 Å². The summed E-state index contributed by atoms with van der Waals surface area (Å²) < 4.78 is 32.0. The van der Waals surface area contributed by atoms with E-state index in [-0.39, 0.29) is 16.9 Å². The predicted molar refractivity (Wildman–Crippen MR) is 90.4 cm³/mol. The maximum atomic E-state index is 12.6. The molecule has 0 radical (unpaired) electrons. The Balaban J connectivity index is 1.71. The van der Waals surface area contributed by atoms with E-state index >= 15 is 0 Å². The molecular formula is C17H24N2O4S. The van der Waals surface area contributed by atoms with Crippen molar-refractivity contribution in [3.05, 3.63) is 29.8 Å². The first-order chi connectivity index (χ1) is 11.5. The number of sulfonamides is 1. The number of likely N-dealkylation sites (N-methyl/N-ethyl adjacent to an activating group) is 1. The summed E-state index contributed by atoms with van der Waals surface area (Å²) in [6.45, 7) is 2.39. The Kier molecular flexibility index (Phi) is 5.22. The molecule has 3 rings (SSSR count). The lowest BCUT2D eigenvalue weighted by Crippen LogP contribution is -2.42. The fourth-order valence-electron chi connectivity index (χ4n) is 3.03. The topological polar surface area (TPSA) is 66.9 Å². The van der Waals surface area contributed by atoms with Crippen molar-refractivity contribution in [2.45, 2.75) is 36.7 Å². The highest BCUT2D eigenvalue weighted by Gasteiger charge is 2.30. The Morgan fingerprint density at radius 2 is 2.08 bits per heavy atom. The number of carbonyl (C=O) groups excluding carboxylic acids is 1. The van der Waals surface area contributed by atoms with Crippen LogP contribution in [-0.4, -0.2) is 62.9 Å². The molecule has 0 unspecified atom stereocenters. The molecule has 1 aromatic carbocycles. The number of rotatable bonds is 5. The van der Waals surface area contributed by atoms with Gasteiger partial charge in [-0.3, -0.25) is 4.79 Å². The Labute approximate surface area is 143 Å². The van der Waals surface area contributed by atoms with E-state index in [0.717, 1.165) is 32.3 Å². The molecule has 7 heteroatoms. The van der Waals surface area contributed by atoms with Crippen LogP contribution in [0.5, 0.6) is 0 Å². The first kappa shape index (κ1) is 17.4. The minimum atomic E-state index is -3.47. The highest BCUT2D eigenvalue weighted by atomic mass is 32.2. The minimum absolute atomic E-state index is 0.0701. The number of carbonyl (C=O) groups is 1. The van der Waals surface area contributed by atoms with Crippen LogP contribution in [0.2, 0.25) is 0 Å². The minimum Gasteiger partial charge on any atom is -0.376 e. The zero-order valence-electron chi connectivity index (χ0n) is 14.0. The molecular weight excluding hydrogens is 328 g/mol. The van der Waals surface area contributed by atoms with E-state index in [1.54, 1.807) is 30.1 Å². The van der Waals surface area contributed by atoms with Gasteiger partial charge in [-0.05, 0) is 43.9 Å². The van der Waals surface area contributed by atoms with Gasteiger partial charge >= 0.3 is 0 Å². The molecule has 1 aromatic rings. The second-order valence-electron chi connectivity index (χ2n) is 6.46. The van der Waals surface area contributed by atoms with Crippen LogP contribution in [0.4, 0.5) is 0 Å². The summed E-state index contributed by atoms with van der Waals surface area (Å²) in [5.41, 5.74) is 0.398. The molecule has 24 heavy (non-hydrogen) atoms. The Morgan fingerprint density at radius 1 is 1.29 bits per heavy atom. The van der Waals surface area contributed by atoms with Crippen LogP contribution in [-0.2, 0) is 14.8 Å². The van der Waals surface area contributed by atoms with Gasteiger partial charge in [-0.15, -0.1) is 0 Å². The smallest absolute Gasteiger partial charge is 0.253 e. The van der Waals surface area contributed by atoms with Crippen molar-refractivity contribution in [1.29, 1.82) is 0 Å². The zero-order chi connectivity index (χ0) is 17.2. The predicted octanol–water partition coefficient (Wildman–Crippen LogP) is 1.72. The van der Waals surface area contributed by atoms with Gasteiger partial charge in [0.05, 0.1) is 11.0 Å². The van der Waals surface area contributed by atoms with E-state index in [1.165, 1.54) is 10.4 Å². The molecule has 1 amide bonds. The third kappa shape index (κ3) is 3.63. The van der Waals surface area contributed by atoms with E-state index in [0.29, 0.717) is 25.2 Å². The van der Waals surface area contributed by atoms with Gasteiger partial charge < -0.3 is 9.64 Å². The molecule has 132 valence electrons. The standard InChI is InChI=1S/C17H24N2O4S/c1-18(13-15-7-2-3-11-23-15)17(20)14-6-4-8-16(12-14)24(21,22)19-9-5-10-19/h4,6,8,12,15H,2-3,5,7,9-11,13H2,1H3/t15-/m1/s1. The number of amides is 1. The van der Waals surface area contributed by atoms with Crippen LogP contribution in [0.1, 0.15) is 36.0 Å². The van der Waals surface area contributed by atoms with Crippen molar-refractivity contribution in [2.24, 2.45) is 0 Å². The summed E-state index contributed by atoms with van der Waals surface area (Å²) in [5.74, 6) is -0.176. The van der Waals surface area contributed by atoms with Crippen LogP contribution in [0.15, 0.2) is 29.2 Å². The third-order valence-corrected chi connectivity index (χ3v) is 6.53. The lowest BCUT2D eigenvalue weighted by molar-refractivity contribution is -0.000192. The molecule has 0 N–H and O–H groups in total. The molecule has 2 fully saturated rings. The summed E-state index contributed by atoms with van der Waals surface area (Å²) in [6, 6.07) is 6.32. The molecule has 0 saturated carbocycles. The number of nitrogens with zero attached hydrogens (tertiary/aromatic N) is 2. The summed E-state index contributed by atoms with van der Waals surface area (Å²) >= 11 is 0. The lowest BCUT2D eigenvalue weighted by Gasteiger charge is -2.30. The molecule has 0 aliphatic carbocycles. The Morgan fingerprint density at radius 3 is 2.71 bits per heavy atom. The Hall–Kier alpha value is -1.44. The van der Waals surface area contributed by atoms with Crippen LogP contribution < -0.4 is 0 Å². The van der Waals surface area contributed by atoms with E-state index in [4.69, 9.17) is 4.74 Å². The third-order valence-electron chi connectivity index (χ3n) is 4.63. The fourth-order valence-corrected chi connectivity index (χ4v) is 4.59. The maximum absolute atomic E-state index is 12.6. The van der Waals surface area contributed by atoms with Gasteiger partial charge in [0.1, 0.15) is 0 Å². The zero-order valence-corrected chi connectivity index (χ0v) is 14.8. The Bertz CT molecular complexity index is 694. The van der Waals surface area contributed by atoms with Crippen molar-refractivity contribution in [3.8, 4) is 0 Å². The molecule has 6 nitrogen and oxygen atoms in total. The summed E-state index contributed by atoms with van der Waals surface area (Å²) in [7, 11) is -1.74. The van der Waals surface area contributed by atoms with Crippen molar-refractivity contribution in [1.82, 2.24) is 9.21 Å². The number of hydrogen-bond acceptors (Lipinski definition) is 4. The van der Waals surface area contributed by atoms with Gasteiger partial charge in [0, 0.05) is 38.9 Å². The molecule has 0 bridgehead atoms. The van der Waals surface area contributed by atoms with Crippen molar-refractivity contribution in [2.75, 3.05) is 33.3 Å². The normalized spacial score (nSPS) is 22.0. The van der Waals surface area contributed by atoms with Gasteiger partial charge in [0.25, 0.3) is 5.91 Å². The van der Waals surface area contributed by atoms with Crippen molar-refractivity contribution < 1.29 is 17.9 Å². The van der Waals surface area contributed by atoms with Crippen LogP contribution in [0.25, 0.3) is 0 Å². The SMILES string of the molecule is CN(C[C@H]1CCCCO1)C(=O)c1cccc(S(=O)(=O)N2CCC2)c1. The fraction of sp³-hybridized carbons (Fsp3) is 0.588. The van der Waals surface area contributed by atoms with E-state index in [1.807, 2.05) is 0 Å². The van der Waals surface area contributed by atoms with Crippen LogP contribution in [0, 0.1) is 0 Å². The molecule has 2 saturated heterocycles. The first-order valence-corrected chi connectivity index (χ1v) is 9.90. The summed E-state index contributed by atoms with van der Waals surface area (Å²) in [6.07, 6.45) is 4.12. The first-order valence-electron chi connectivity index (χ1n) is 8.46. The monoisotopic (exact) mass is 352 g/mol. The lowest BCUT2D eigenvalue weighted by atomic mass is 10.1. The maximum Gasteiger partial charge on any atom is 0.253 e. The van der Waals surface area contributed by atoms with E-state index in [2.05, 4.69) is 0 Å². The molecule has 2 heterocycles. The molecule has 0 spiro atoms. The van der Waals surface area contributed by atoms with Crippen LogP contribution >= 0.6 is 0 Å². The van der Waals surface area contributed by atoms with Gasteiger partial charge in [-0.2, -0.15) is 4.31 Å². The van der Waals surface area contributed by atoms with Crippen molar-refractivity contribution >= 4 is 15.9 Å². The number of ether oxygens (including phenoxy) is 1. The van der Waals surface area contributed by atoms with E-state index in [9.17, 15) is 13.2 Å². The molecule has 1 atom stereocenters. The number of hydrogen-bond donors (Lipinski definition) is 0. The average molecular weight is 352 g/mol. The second-order valence-corrected chi connectivity index (χ2v) is 8.40. The quantitative estimate of drug-likeness (QED) is 0.809. The van der Waals surface area contributed by atoms with Crippen LogP contribution in [0.3, 0.4) is 0 Å².